The zero-order valence-electron chi connectivity index (χ0n) is 21.7. The Morgan fingerprint density at radius 1 is 1.08 bits per heavy atom. The van der Waals surface area contributed by atoms with Gasteiger partial charge in [0.05, 0.1) is 17.2 Å². The number of nitrogens with zero attached hydrogens (tertiary/aromatic N) is 1. The molecule has 0 saturated carbocycles. The number of amides is 1. The number of rotatable bonds is 5. The lowest BCUT2D eigenvalue weighted by Crippen LogP contribution is -2.65. The summed E-state index contributed by atoms with van der Waals surface area (Å²) in [5, 5.41) is 46.0. The summed E-state index contributed by atoms with van der Waals surface area (Å²) in [5.41, 5.74) is 0.820. The number of hydrogen-bond donors (Lipinski definition) is 5. The lowest BCUT2D eigenvalue weighted by atomic mass is 9.55. The zero-order valence-corrected chi connectivity index (χ0v) is 21.7. The highest BCUT2D eigenvalue weighted by Gasteiger charge is 2.65. The molecule has 0 radical (unpaired) electrons. The smallest absolute Gasteiger partial charge is 0.255 e. The predicted octanol–water partition coefficient (Wildman–Crippen LogP) is 1.66. The lowest BCUT2D eigenvalue weighted by molar-refractivity contribution is -0.151. The van der Waals surface area contributed by atoms with Crippen LogP contribution in [0.25, 0.3) is 0 Å². The molecule has 10 heteroatoms. The monoisotopic (exact) mass is 534 g/mol. The van der Waals surface area contributed by atoms with Crippen LogP contribution >= 0.6 is 0 Å². The fourth-order valence-electron chi connectivity index (χ4n) is 6.35. The molecular formula is C29H30N2O8. The maximum absolute atomic E-state index is 14.0. The van der Waals surface area contributed by atoms with Crippen molar-refractivity contribution in [3.05, 3.63) is 87.9 Å². The molecule has 39 heavy (non-hydrogen) atoms. The summed E-state index contributed by atoms with van der Waals surface area (Å²) in [6, 6.07) is 12.9. The van der Waals surface area contributed by atoms with Crippen molar-refractivity contribution in [2.45, 2.75) is 37.2 Å². The molecule has 3 aliphatic carbocycles. The first kappa shape index (κ1) is 26.6. The minimum Gasteiger partial charge on any atom is -0.510 e. The zero-order chi connectivity index (χ0) is 28.4. The summed E-state index contributed by atoms with van der Waals surface area (Å²) >= 11 is 0. The minimum atomic E-state index is -2.74. The van der Waals surface area contributed by atoms with Gasteiger partial charge in [0.25, 0.3) is 5.91 Å². The van der Waals surface area contributed by atoms with Crippen LogP contribution in [0, 0.1) is 11.8 Å². The summed E-state index contributed by atoms with van der Waals surface area (Å²) in [5.74, 6) is -7.01. The number of carbonyl (C=O) groups excluding carboxylic acids is 3. The van der Waals surface area contributed by atoms with Gasteiger partial charge in [0.15, 0.2) is 11.4 Å². The number of hydrogen-bond acceptors (Lipinski definition) is 9. The lowest BCUT2D eigenvalue weighted by Gasteiger charge is -2.52. The number of aliphatic hydroxyl groups excluding tert-OH is 2. The minimum absolute atomic E-state index is 0.000729. The van der Waals surface area contributed by atoms with Gasteiger partial charge in [-0.05, 0) is 44.6 Å². The first-order valence-corrected chi connectivity index (χ1v) is 12.5. The van der Waals surface area contributed by atoms with Gasteiger partial charge in [-0.15, -0.1) is 0 Å². The molecule has 2 aromatic rings. The van der Waals surface area contributed by atoms with E-state index < -0.39 is 63.6 Å². The quantitative estimate of drug-likeness (QED) is 0.358. The molecule has 0 heterocycles. The standard InChI is InChI=1S/C29H30N2O8/c1-28(37)15-10-7-11-18(39-13-14-8-5-4-6-9-14)19(15)23(32)20-16(28)12-17-22(31(2)3)24(33)21(27(30)36)26(35)29(17,38)25(20)34/h4-11,16-17,22,33-34,37-38H,12-13H2,1-3H3,(H2,30,36)/t16-,17-,22-,28+,29-/m0/s1. The number of benzene rings is 2. The van der Waals surface area contributed by atoms with Gasteiger partial charge in [0, 0.05) is 17.4 Å². The Kier molecular flexibility index (Phi) is 6.17. The van der Waals surface area contributed by atoms with Crippen molar-refractivity contribution in [1.82, 2.24) is 4.90 Å². The Balaban J connectivity index is 1.68. The van der Waals surface area contributed by atoms with Crippen LogP contribution in [0.5, 0.6) is 5.75 Å². The molecule has 2 aromatic carbocycles. The molecule has 0 fully saturated rings. The summed E-state index contributed by atoms with van der Waals surface area (Å²) in [4.78, 5) is 41.1. The largest absolute Gasteiger partial charge is 0.510 e. The second-order valence-corrected chi connectivity index (χ2v) is 10.7. The van der Waals surface area contributed by atoms with Gasteiger partial charge in [-0.1, -0.05) is 42.5 Å². The average Bonchev–Trinajstić information content (AvgIpc) is 2.88. The molecule has 0 aliphatic heterocycles. The average molecular weight is 535 g/mol. The van der Waals surface area contributed by atoms with E-state index in [4.69, 9.17) is 10.5 Å². The summed E-state index contributed by atoms with van der Waals surface area (Å²) in [6.45, 7) is 1.61. The van der Waals surface area contributed by atoms with E-state index >= 15 is 0 Å². The van der Waals surface area contributed by atoms with Gasteiger partial charge in [0.1, 0.15) is 29.4 Å². The molecular weight excluding hydrogens is 504 g/mol. The SMILES string of the molecule is CN(C)[C@@H]1C(O)=C(C(N)=O)C(=O)[C@@]2(O)C(O)=C3C(=O)c4c(OCc5ccccc5)cccc4[C@@](C)(O)[C@H]3C[C@@H]12. The molecule has 0 bridgehead atoms. The number of ether oxygens (including phenoxy) is 1. The molecule has 3 aliphatic rings. The van der Waals surface area contributed by atoms with E-state index in [1.165, 1.54) is 11.8 Å². The summed E-state index contributed by atoms with van der Waals surface area (Å²) in [7, 11) is 3.11. The van der Waals surface area contributed by atoms with Crippen molar-refractivity contribution in [2.75, 3.05) is 14.1 Å². The van der Waals surface area contributed by atoms with E-state index in [2.05, 4.69) is 0 Å². The third-order valence-electron chi connectivity index (χ3n) is 8.24. The molecule has 10 nitrogen and oxygen atoms in total. The van der Waals surface area contributed by atoms with Gasteiger partial charge in [-0.3, -0.25) is 19.3 Å². The first-order valence-electron chi connectivity index (χ1n) is 12.5. The summed E-state index contributed by atoms with van der Waals surface area (Å²) < 4.78 is 5.96. The van der Waals surface area contributed by atoms with Crippen LogP contribution < -0.4 is 10.5 Å². The van der Waals surface area contributed by atoms with Crippen molar-refractivity contribution in [3.8, 4) is 5.75 Å². The van der Waals surface area contributed by atoms with E-state index in [1.54, 1.807) is 32.3 Å². The number of ketones is 2. The normalized spacial score (nSPS) is 30.2. The first-order chi connectivity index (χ1) is 18.3. The van der Waals surface area contributed by atoms with Gasteiger partial charge in [-0.2, -0.15) is 0 Å². The molecule has 204 valence electrons. The van der Waals surface area contributed by atoms with Gasteiger partial charge >= 0.3 is 0 Å². The molecule has 5 rings (SSSR count). The van der Waals surface area contributed by atoms with Gasteiger partial charge in [-0.25, -0.2) is 0 Å². The third-order valence-corrected chi connectivity index (χ3v) is 8.24. The highest BCUT2D eigenvalue weighted by atomic mass is 16.5. The maximum Gasteiger partial charge on any atom is 0.255 e. The second kappa shape index (κ2) is 9.04. The fraction of sp³-hybridized carbons (Fsp3) is 0.345. The van der Waals surface area contributed by atoms with E-state index in [0.717, 1.165) is 5.56 Å². The topological polar surface area (TPSA) is 171 Å². The van der Waals surface area contributed by atoms with Crippen LogP contribution in [-0.2, 0) is 21.8 Å². The van der Waals surface area contributed by atoms with Gasteiger partial charge < -0.3 is 30.9 Å². The van der Waals surface area contributed by atoms with Crippen molar-refractivity contribution in [2.24, 2.45) is 17.6 Å². The molecule has 5 atom stereocenters. The van der Waals surface area contributed by atoms with Gasteiger partial charge in [0.2, 0.25) is 5.78 Å². The second-order valence-electron chi connectivity index (χ2n) is 10.7. The Hall–Kier alpha value is -3.99. The molecule has 0 unspecified atom stereocenters. The van der Waals surface area contributed by atoms with E-state index in [9.17, 15) is 34.8 Å². The number of primary amides is 1. The van der Waals surface area contributed by atoms with E-state index in [-0.39, 0.29) is 35.5 Å². The van der Waals surface area contributed by atoms with E-state index in [0.29, 0.717) is 0 Å². The number of Topliss-reactive ketones (excluding diaryl/α,β-unsaturated/α-hetero) is 2. The Bertz CT molecular complexity index is 1460. The van der Waals surface area contributed by atoms with E-state index in [1.807, 2.05) is 30.3 Å². The van der Waals surface area contributed by atoms with Crippen molar-refractivity contribution in [3.63, 3.8) is 0 Å². The number of carbonyl (C=O) groups is 3. The molecule has 0 aromatic heterocycles. The number of fused-ring (bicyclic) bond motifs is 3. The molecule has 6 N–H and O–H groups in total. The maximum atomic E-state index is 14.0. The predicted molar refractivity (Wildman–Crippen MR) is 139 cm³/mol. The van der Waals surface area contributed by atoms with Crippen molar-refractivity contribution in [1.29, 1.82) is 0 Å². The number of likely N-dealkylation sites (N-methyl/N-ethyl adjacent to an activating group) is 1. The van der Waals surface area contributed by atoms with Crippen LogP contribution in [-0.4, -0.2) is 68.5 Å². The highest BCUT2D eigenvalue weighted by Crippen LogP contribution is 2.56. The molecule has 0 spiro atoms. The van der Waals surface area contributed by atoms with Crippen molar-refractivity contribution >= 4 is 17.5 Å². The Labute approximate surface area is 224 Å². The summed E-state index contributed by atoms with van der Waals surface area (Å²) in [6.07, 6.45) is -0.173. The fourth-order valence-corrected chi connectivity index (χ4v) is 6.35. The highest BCUT2D eigenvalue weighted by molar-refractivity contribution is 6.24. The Morgan fingerprint density at radius 3 is 2.36 bits per heavy atom. The third kappa shape index (κ3) is 3.70. The van der Waals surface area contributed by atoms with Crippen LogP contribution in [0.2, 0.25) is 0 Å². The van der Waals surface area contributed by atoms with Crippen molar-refractivity contribution < 1.29 is 39.5 Å². The van der Waals surface area contributed by atoms with Crippen LogP contribution in [0.1, 0.15) is 34.8 Å². The number of aliphatic hydroxyl groups is 4. The van der Waals surface area contributed by atoms with Crippen LogP contribution in [0.4, 0.5) is 0 Å². The van der Waals surface area contributed by atoms with Crippen LogP contribution in [0.15, 0.2) is 71.2 Å². The Morgan fingerprint density at radius 2 is 1.74 bits per heavy atom. The molecule has 1 amide bonds. The molecule has 0 saturated heterocycles. The number of nitrogens with two attached hydrogens (primary N) is 1. The van der Waals surface area contributed by atoms with Crippen LogP contribution in [0.3, 0.4) is 0 Å².